The van der Waals surface area contributed by atoms with Crippen LogP contribution in [0.25, 0.3) is 0 Å². The van der Waals surface area contributed by atoms with E-state index in [2.05, 4.69) is 0 Å². The van der Waals surface area contributed by atoms with E-state index in [1.165, 1.54) is 0 Å². The first-order chi connectivity index (χ1) is 15.2. The number of carbonyl (C=O) groups is 2. The molecule has 0 spiro atoms. The molecule has 7 atom stereocenters. The maximum Gasteiger partial charge on any atom is 0.168 e. The van der Waals surface area contributed by atoms with Crippen LogP contribution in [-0.4, -0.2) is 45.2 Å². The molecule has 7 unspecified atom stereocenters. The molecule has 0 rings (SSSR count). The minimum Gasteiger partial charge on any atom is -0.388 e. The Labute approximate surface area is 201 Å². The lowest BCUT2D eigenvalue weighted by Gasteiger charge is -2.23. The molecule has 0 heterocycles. The summed E-state index contributed by atoms with van der Waals surface area (Å²) in [5.41, 5.74) is 2.83. The smallest absolute Gasteiger partial charge is 0.168 e. The third kappa shape index (κ3) is 9.52. The number of carbonyl (C=O) groups excluding carboxylic acids is 2. The number of rotatable bonds is 13. The van der Waals surface area contributed by atoms with E-state index in [9.17, 15) is 24.9 Å². The van der Waals surface area contributed by atoms with Gasteiger partial charge in [0, 0.05) is 24.2 Å². The number of aliphatic hydroxyl groups is 3. The maximum atomic E-state index is 12.5. The Kier molecular flexibility index (Phi) is 13.6. The first kappa shape index (κ1) is 31.2. The highest BCUT2D eigenvalue weighted by Crippen LogP contribution is 2.23. The lowest BCUT2D eigenvalue weighted by atomic mass is 9.88. The van der Waals surface area contributed by atoms with Crippen LogP contribution >= 0.6 is 0 Å². The van der Waals surface area contributed by atoms with E-state index in [1.54, 1.807) is 33.8 Å². The van der Waals surface area contributed by atoms with E-state index in [4.69, 9.17) is 0 Å². The van der Waals surface area contributed by atoms with Crippen LogP contribution in [0.4, 0.5) is 0 Å². The molecule has 33 heavy (non-hydrogen) atoms. The van der Waals surface area contributed by atoms with Gasteiger partial charge >= 0.3 is 0 Å². The zero-order valence-corrected chi connectivity index (χ0v) is 22.2. The van der Waals surface area contributed by atoms with E-state index in [0.29, 0.717) is 17.6 Å². The SMILES string of the molecule is CC=C(C)C(O)C(C)C=C(C)C(O)C(C)C=C(C)C(O)C(C)C=C(C)C(=O)C(C)C(=O)CC. The lowest BCUT2D eigenvalue weighted by Crippen LogP contribution is -2.24. The Bertz CT molecular complexity index is 786. The third-order valence-corrected chi connectivity index (χ3v) is 6.53. The van der Waals surface area contributed by atoms with Crippen LogP contribution in [0.3, 0.4) is 0 Å². The maximum absolute atomic E-state index is 12.5. The number of aliphatic hydroxyl groups excluding tert-OH is 3. The third-order valence-electron chi connectivity index (χ3n) is 6.53. The largest absolute Gasteiger partial charge is 0.388 e. The number of Topliss-reactive ketones (excluding diaryl/α,β-unsaturated/α-hetero) is 2. The van der Waals surface area contributed by atoms with E-state index < -0.39 is 24.2 Å². The molecule has 5 nitrogen and oxygen atoms in total. The number of hydrogen-bond donors (Lipinski definition) is 3. The molecule has 0 aromatic carbocycles. The van der Waals surface area contributed by atoms with E-state index in [1.807, 2.05) is 59.8 Å². The summed E-state index contributed by atoms with van der Waals surface area (Å²) in [5.74, 6) is -1.68. The summed E-state index contributed by atoms with van der Waals surface area (Å²) in [5, 5.41) is 31.9. The molecule has 0 amide bonds. The normalized spacial score (nSPS) is 20.5. The van der Waals surface area contributed by atoms with Crippen LogP contribution in [0.2, 0.25) is 0 Å². The number of allylic oxidation sites excluding steroid dienone is 2. The van der Waals surface area contributed by atoms with Gasteiger partial charge in [0.05, 0.1) is 24.2 Å². The van der Waals surface area contributed by atoms with Crippen molar-refractivity contribution in [2.45, 2.75) is 94.0 Å². The first-order valence-electron chi connectivity index (χ1n) is 12.0. The minimum absolute atomic E-state index is 0.0917. The van der Waals surface area contributed by atoms with Gasteiger partial charge < -0.3 is 15.3 Å². The van der Waals surface area contributed by atoms with Crippen molar-refractivity contribution in [1.82, 2.24) is 0 Å². The van der Waals surface area contributed by atoms with Crippen molar-refractivity contribution < 1.29 is 24.9 Å². The van der Waals surface area contributed by atoms with Crippen molar-refractivity contribution in [3.63, 3.8) is 0 Å². The molecule has 0 aliphatic heterocycles. The van der Waals surface area contributed by atoms with Crippen molar-refractivity contribution in [1.29, 1.82) is 0 Å². The summed E-state index contributed by atoms with van der Waals surface area (Å²) in [6.07, 6.45) is 5.48. The molecule has 0 aliphatic rings. The van der Waals surface area contributed by atoms with Crippen LogP contribution in [0.5, 0.6) is 0 Å². The monoisotopic (exact) mass is 462 g/mol. The number of ketones is 2. The fourth-order valence-corrected chi connectivity index (χ4v) is 3.99. The zero-order chi connectivity index (χ0) is 26.0. The first-order valence-corrected chi connectivity index (χ1v) is 12.0. The molecule has 0 aliphatic carbocycles. The van der Waals surface area contributed by atoms with Gasteiger partial charge in [-0.2, -0.15) is 0 Å². The van der Waals surface area contributed by atoms with Gasteiger partial charge in [0.2, 0.25) is 0 Å². The second-order valence-corrected chi connectivity index (χ2v) is 9.52. The Hall–Kier alpha value is -1.82. The highest BCUT2D eigenvalue weighted by atomic mass is 16.3. The molecule has 3 N–H and O–H groups in total. The van der Waals surface area contributed by atoms with Crippen LogP contribution in [0, 0.1) is 23.7 Å². The van der Waals surface area contributed by atoms with Crippen molar-refractivity contribution in [2.24, 2.45) is 23.7 Å². The lowest BCUT2D eigenvalue weighted by molar-refractivity contribution is -0.129. The fourth-order valence-electron chi connectivity index (χ4n) is 3.99. The topological polar surface area (TPSA) is 94.8 Å². The standard InChI is InChI=1S/C28H46O5/c1-11-16(3)25(30)17(4)13-18(5)26(31)19(6)14-20(7)27(32)21(8)15-22(9)28(33)23(10)24(29)12-2/h11,13-15,17,19,21,23,25-27,30-32H,12H2,1-10H3. The van der Waals surface area contributed by atoms with Gasteiger partial charge in [-0.15, -0.1) is 0 Å². The van der Waals surface area contributed by atoms with Crippen LogP contribution in [0.15, 0.2) is 46.6 Å². The quantitative estimate of drug-likeness (QED) is 0.204. The zero-order valence-electron chi connectivity index (χ0n) is 22.2. The Balaban J connectivity index is 5.38. The molecule has 0 saturated carbocycles. The predicted molar refractivity (Wildman–Crippen MR) is 136 cm³/mol. The van der Waals surface area contributed by atoms with Gasteiger partial charge in [0.1, 0.15) is 5.78 Å². The van der Waals surface area contributed by atoms with E-state index in [-0.39, 0.29) is 29.3 Å². The molecule has 0 radical (unpaired) electrons. The highest BCUT2D eigenvalue weighted by Gasteiger charge is 2.24. The molecule has 5 heteroatoms. The van der Waals surface area contributed by atoms with Crippen LogP contribution in [0.1, 0.15) is 75.7 Å². The molecule has 0 fully saturated rings. The van der Waals surface area contributed by atoms with Crippen LogP contribution < -0.4 is 0 Å². The molecular formula is C28H46O5. The minimum atomic E-state index is -0.818. The van der Waals surface area contributed by atoms with Gasteiger partial charge in [0.25, 0.3) is 0 Å². The average molecular weight is 463 g/mol. The van der Waals surface area contributed by atoms with E-state index in [0.717, 1.165) is 11.1 Å². The van der Waals surface area contributed by atoms with Gasteiger partial charge in [-0.05, 0) is 63.8 Å². The Morgan fingerprint density at radius 2 is 1.06 bits per heavy atom. The second-order valence-electron chi connectivity index (χ2n) is 9.52. The summed E-state index contributed by atoms with van der Waals surface area (Å²) in [6.45, 7) is 18.1. The van der Waals surface area contributed by atoms with Crippen molar-refractivity contribution in [2.75, 3.05) is 0 Å². The van der Waals surface area contributed by atoms with E-state index >= 15 is 0 Å². The summed E-state index contributed by atoms with van der Waals surface area (Å²) < 4.78 is 0. The fraction of sp³-hybridized carbons (Fsp3) is 0.643. The molecule has 0 aromatic rings. The predicted octanol–water partition coefficient (Wildman–Crippen LogP) is 4.97. The average Bonchev–Trinajstić information content (AvgIpc) is 2.79. The van der Waals surface area contributed by atoms with Crippen molar-refractivity contribution >= 4 is 11.6 Å². The number of hydrogen-bond acceptors (Lipinski definition) is 5. The molecule has 0 bridgehead atoms. The van der Waals surface area contributed by atoms with Gasteiger partial charge in [-0.3, -0.25) is 9.59 Å². The molecular weight excluding hydrogens is 416 g/mol. The molecule has 0 saturated heterocycles. The van der Waals surface area contributed by atoms with Crippen molar-refractivity contribution in [3.05, 3.63) is 46.6 Å². The Morgan fingerprint density at radius 1 is 0.697 bits per heavy atom. The summed E-state index contributed by atoms with van der Waals surface area (Å²) in [7, 11) is 0. The summed E-state index contributed by atoms with van der Waals surface area (Å²) >= 11 is 0. The van der Waals surface area contributed by atoms with Gasteiger partial charge in [-0.1, -0.05) is 52.0 Å². The van der Waals surface area contributed by atoms with Gasteiger partial charge in [-0.25, -0.2) is 0 Å². The summed E-state index contributed by atoms with van der Waals surface area (Å²) in [6, 6.07) is 0. The van der Waals surface area contributed by atoms with Gasteiger partial charge in [0.15, 0.2) is 5.78 Å². The van der Waals surface area contributed by atoms with Crippen molar-refractivity contribution in [3.8, 4) is 0 Å². The van der Waals surface area contributed by atoms with Crippen LogP contribution in [-0.2, 0) is 9.59 Å². The summed E-state index contributed by atoms with van der Waals surface area (Å²) in [4.78, 5) is 24.3. The second kappa shape index (κ2) is 14.4. The molecule has 188 valence electrons. The molecule has 0 aromatic heterocycles. The highest BCUT2D eigenvalue weighted by molar-refractivity contribution is 6.09. The Morgan fingerprint density at radius 3 is 1.42 bits per heavy atom.